The Hall–Kier alpha value is -2.20. The highest BCUT2D eigenvalue weighted by Gasteiger charge is 2.12. The Morgan fingerprint density at radius 1 is 1.10 bits per heavy atom. The number of carbonyl (C=O) groups is 1. The van der Waals surface area contributed by atoms with E-state index in [1.165, 1.54) is 5.56 Å². The van der Waals surface area contributed by atoms with E-state index in [-0.39, 0.29) is 5.91 Å². The number of benzene rings is 1. The zero-order valence-electron chi connectivity index (χ0n) is 12.0. The standard InChI is InChI=1S/C17H21N3O/c18-16(10-9-14-6-2-1-3-7-14)17(21)20-13-11-15-8-4-5-12-19-15/h1-8,12,16H,9-11,13,18H2,(H,20,21). The second kappa shape index (κ2) is 8.17. The molecule has 1 aromatic heterocycles. The molecule has 0 bridgehead atoms. The Morgan fingerprint density at radius 2 is 1.86 bits per heavy atom. The Balaban J connectivity index is 1.68. The van der Waals surface area contributed by atoms with Crippen molar-refractivity contribution < 1.29 is 4.79 Å². The Labute approximate surface area is 125 Å². The van der Waals surface area contributed by atoms with Gasteiger partial charge in [0.2, 0.25) is 5.91 Å². The molecule has 1 unspecified atom stereocenters. The first-order chi connectivity index (χ1) is 10.3. The highest BCUT2D eigenvalue weighted by Crippen LogP contribution is 2.04. The highest BCUT2D eigenvalue weighted by molar-refractivity contribution is 5.81. The number of hydrogen-bond acceptors (Lipinski definition) is 3. The van der Waals surface area contributed by atoms with Gasteiger partial charge in [-0.1, -0.05) is 36.4 Å². The molecular weight excluding hydrogens is 262 g/mol. The minimum Gasteiger partial charge on any atom is -0.354 e. The number of carbonyl (C=O) groups excluding carboxylic acids is 1. The topological polar surface area (TPSA) is 68.0 Å². The molecule has 1 heterocycles. The van der Waals surface area contributed by atoms with E-state index in [0.29, 0.717) is 13.0 Å². The number of nitrogens with two attached hydrogens (primary N) is 1. The summed E-state index contributed by atoms with van der Waals surface area (Å²) in [5, 5.41) is 2.86. The molecule has 0 aliphatic heterocycles. The maximum atomic E-state index is 11.9. The Kier molecular flexibility index (Phi) is 5.91. The second-order valence-electron chi connectivity index (χ2n) is 4.99. The van der Waals surface area contributed by atoms with E-state index < -0.39 is 6.04 Å². The second-order valence-corrected chi connectivity index (χ2v) is 4.99. The van der Waals surface area contributed by atoms with Gasteiger partial charge in [0.25, 0.3) is 0 Å². The molecule has 0 saturated heterocycles. The number of rotatable bonds is 7. The van der Waals surface area contributed by atoms with Crippen molar-refractivity contribution in [1.82, 2.24) is 10.3 Å². The summed E-state index contributed by atoms with van der Waals surface area (Å²) in [5.74, 6) is -0.0955. The molecule has 3 N–H and O–H groups in total. The number of hydrogen-bond donors (Lipinski definition) is 2. The average molecular weight is 283 g/mol. The quantitative estimate of drug-likeness (QED) is 0.812. The van der Waals surface area contributed by atoms with Crippen molar-refractivity contribution in [3.05, 3.63) is 66.0 Å². The van der Waals surface area contributed by atoms with Crippen molar-refractivity contribution in [3.63, 3.8) is 0 Å². The first kappa shape index (κ1) is 15.2. The summed E-state index contributed by atoms with van der Waals surface area (Å²) >= 11 is 0. The SMILES string of the molecule is NC(CCc1ccccc1)C(=O)NCCc1ccccn1. The van der Waals surface area contributed by atoms with Crippen LogP contribution < -0.4 is 11.1 Å². The predicted octanol–water partition coefficient (Wildman–Crippen LogP) is 1.70. The van der Waals surface area contributed by atoms with E-state index in [1.54, 1.807) is 6.20 Å². The number of aromatic nitrogens is 1. The van der Waals surface area contributed by atoms with Gasteiger partial charge in [-0.25, -0.2) is 0 Å². The summed E-state index contributed by atoms with van der Waals surface area (Å²) in [5.41, 5.74) is 8.09. The number of pyridine rings is 1. The normalized spacial score (nSPS) is 11.9. The van der Waals surface area contributed by atoms with Gasteiger partial charge >= 0.3 is 0 Å². The van der Waals surface area contributed by atoms with Gasteiger partial charge in [0.05, 0.1) is 6.04 Å². The fourth-order valence-electron chi connectivity index (χ4n) is 2.09. The summed E-state index contributed by atoms with van der Waals surface area (Å²) < 4.78 is 0. The first-order valence-electron chi connectivity index (χ1n) is 7.23. The number of nitrogens with one attached hydrogen (secondary N) is 1. The minimum atomic E-state index is -0.464. The van der Waals surface area contributed by atoms with Gasteiger partial charge < -0.3 is 11.1 Å². The molecule has 0 fully saturated rings. The van der Waals surface area contributed by atoms with Gasteiger partial charge in [-0.3, -0.25) is 9.78 Å². The van der Waals surface area contributed by atoms with Crippen LogP contribution in [0.15, 0.2) is 54.7 Å². The molecular formula is C17H21N3O. The van der Waals surface area contributed by atoms with Crippen LogP contribution in [-0.2, 0) is 17.6 Å². The van der Waals surface area contributed by atoms with Crippen LogP contribution >= 0.6 is 0 Å². The van der Waals surface area contributed by atoms with Gasteiger partial charge in [0.1, 0.15) is 0 Å². The van der Waals surface area contributed by atoms with Gasteiger partial charge in [0, 0.05) is 24.9 Å². The monoisotopic (exact) mass is 283 g/mol. The van der Waals surface area contributed by atoms with Gasteiger partial charge in [-0.15, -0.1) is 0 Å². The van der Waals surface area contributed by atoms with E-state index in [4.69, 9.17) is 5.73 Å². The fourth-order valence-corrected chi connectivity index (χ4v) is 2.09. The van der Waals surface area contributed by atoms with Crippen LogP contribution in [0.25, 0.3) is 0 Å². The van der Waals surface area contributed by atoms with Crippen molar-refractivity contribution in [2.75, 3.05) is 6.54 Å². The average Bonchev–Trinajstić information content (AvgIpc) is 2.54. The molecule has 1 atom stereocenters. The Bertz CT molecular complexity index is 542. The molecule has 21 heavy (non-hydrogen) atoms. The summed E-state index contributed by atoms with van der Waals surface area (Å²) in [6.07, 6.45) is 3.94. The van der Waals surface area contributed by atoms with E-state index in [0.717, 1.165) is 18.5 Å². The van der Waals surface area contributed by atoms with Crippen LogP contribution in [0.4, 0.5) is 0 Å². The summed E-state index contributed by atoms with van der Waals surface area (Å²) in [6.45, 7) is 0.564. The highest BCUT2D eigenvalue weighted by atomic mass is 16.2. The van der Waals surface area contributed by atoms with Crippen molar-refractivity contribution in [1.29, 1.82) is 0 Å². The molecule has 0 aliphatic carbocycles. The van der Waals surface area contributed by atoms with E-state index in [9.17, 15) is 4.79 Å². The minimum absolute atomic E-state index is 0.0955. The number of aryl methyl sites for hydroxylation is 1. The van der Waals surface area contributed by atoms with E-state index in [1.807, 2.05) is 48.5 Å². The lowest BCUT2D eigenvalue weighted by Gasteiger charge is -2.12. The van der Waals surface area contributed by atoms with Crippen LogP contribution in [0.2, 0.25) is 0 Å². The van der Waals surface area contributed by atoms with Gasteiger partial charge in [0.15, 0.2) is 0 Å². The number of nitrogens with zero attached hydrogens (tertiary/aromatic N) is 1. The molecule has 0 spiro atoms. The largest absolute Gasteiger partial charge is 0.354 e. The smallest absolute Gasteiger partial charge is 0.236 e. The van der Waals surface area contributed by atoms with Crippen molar-refractivity contribution in [3.8, 4) is 0 Å². The van der Waals surface area contributed by atoms with E-state index >= 15 is 0 Å². The van der Waals surface area contributed by atoms with Crippen LogP contribution in [0.5, 0.6) is 0 Å². The zero-order chi connectivity index (χ0) is 14.9. The summed E-state index contributed by atoms with van der Waals surface area (Å²) in [6, 6.07) is 15.4. The molecule has 0 radical (unpaired) electrons. The lowest BCUT2D eigenvalue weighted by atomic mass is 10.1. The van der Waals surface area contributed by atoms with Crippen molar-refractivity contribution in [2.45, 2.75) is 25.3 Å². The fraction of sp³-hybridized carbons (Fsp3) is 0.294. The maximum absolute atomic E-state index is 11.9. The third kappa shape index (κ3) is 5.36. The molecule has 1 aromatic carbocycles. The molecule has 0 saturated carbocycles. The van der Waals surface area contributed by atoms with Crippen molar-refractivity contribution in [2.24, 2.45) is 5.73 Å². The molecule has 2 rings (SSSR count). The third-order valence-corrected chi connectivity index (χ3v) is 3.33. The molecule has 4 nitrogen and oxygen atoms in total. The number of amides is 1. The van der Waals surface area contributed by atoms with Gasteiger partial charge in [-0.2, -0.15) is 0 Å². The van der Waals surface area contributed by atoms with Crippen LogP contribution in [0.3, 0.4) is 0 Å². The third-order valence-electron chi connectivity index (χ3n) is 3.33. The van der Waals surface area contributed by atoms with Crippen LogP contribution in [0, 0.1) is 0 Å². The summed E-state index contributed by atoms with van der Waals surface area (Å²) in [4.78, 5) is 16.1. The molecule has 0 aliphatic rings. The predicted molar refractivity (Wildman–Crippen MR) is 83.7 cm³/mol. The molecule has 2 aromatic rings. The Morgan fingerprint density at radius 3 is 2.57 bits per heavy atom. The lowest BCUT2D eigenvalue weighted by molar-refractivity contribution is -0.122. The first-order valence-corrected chi connectivity index (χ1v) is 7.23. The van der Waals surface area contributed by atoms with E-state index in [2.05, 4.69) is 10.3 Å². The van der Waals surface area contributed by atoms with Crippen molar-refractivity contribution >= 4 is 5.91 Å². The lowest BCUT2D eigenvalue weighted by Crippen LogP contribution is -2.41. The molecule has 110 valence electrons. The summed E-state index contributed by atoms with van der Waals surface area (Å²) in [7, 11) is 0. The maximum Gasteiger partial charge on any atom is 0.236 e. The van der Waals surface area contributed by atoms with Crippen LogP contribution in [-0.4, -0.2) is 23.5 Å². The molecule has 4 heteroatoms. The van der Waals surface area contributed by atoms with Gasteiger partial charge in [-0.05, 0) is 30.5 Å². The molecule has 1 amide bonds. The zero-order valence-corrected chi connectivity index (χ0v) is 12.0. The van der Waals surface area contributed by atoms with Crippen LogP contribution in [0.1, 0.15) is 17.7 Å².